The first kappa shape index (κ1) is 13.6. The Labute approximate surface area is 110 Å². The molecule has 0 aromatic carbocycles. The van der Waals surface area contributed by atoms with E-state index < -0.39 is 0 Å². The van der Waals surface area contributed by atoms with Crippen LogP contribution in [0.25, 0.3) is 0 Å². The van der Waals surface area contributed by atoms with Crippen LogP contribution in [0.3, 0.4) is 0 Å². The van der Waals surface area contributed by atoms with Gasteiger partial charge in [0.1, 0.15) is 5.82 Å². The molecule has 1 aliphatic heterocycles. The van der Waals surface area contributed by atoms with Crippen molar-refractivity contribution in [1.82, 2.24) is 19.8 Å². The van der Waals surface area contributed by atoms with Crippen molar-refractivity contribution in [3.05, 3.63) is 18.2 Å². The maximum absolute atomic E-state index is 4.40. The highest BCUT2D eigenvalue weighted by atomic mass is 15.2. The second kappa shape index (κ2) is 6.34. The molecule has 1 N–H and O–H groups in total. The molecule has 4 heteroatoms. The monoisotopic (exact) mass is 250 g/mol. The molecule has 0 saturated carbocycles. The van der Waals surface area contributed by atoms with Crippen LogP contribution in [-0.4, -0.2) is 46.2 Å². The van der Waals surface area contributed by atoms with Crippen molar-refractivity contribution in [2.75, 3.05) is 19.6 Å². The first-order valence-electron chi connectivity index (χ1n) is 7.14. The van der Waals surface area contributed by atoms with E-state index in [0.29, 0.717) is 12.1 Å². The summed E-state index contributed by atoms with van der Waals surface area (Å²) in [7, 11) is 2.07. The van der Waals surface area contributed by atoms with Gasteiger partial charge in [0.2, 0.25) is 0 Å². The standard InChI is InChI=1S/C14H26N4/c1-4-5-13-11-18(12(2)10-16-13)8-6-14-15-7-9-17(14)3/h7,9,12-13,16H,4-6,8,10-11H2,1-3H3. The molecule has 0 aliphatic carbocycles. The Morgan fingerprint density at radius 1 is 1.50 bits per heavy atom. The predicted octanol–water partition coefficient (Wildman–Crippen LogP) is 1.43. The van der Waals surface area contributed by atoms with Crippen LogP contribution in [0.4, 0.5) is 0 Å². The normalized spacial score (nSPS) is 25.5. The van der Waals surface area contributed by atoms with Gasteiger partial charge in [0, 0.05) is 57.6 Å². The molecule has 0 amide bonds. The van der Waals surface area contributed by atoms with Gasteiger partial charge in [0.05, 0.1) is 0 Å². The second-order valence-electron chi connectivity index (χ2n) is 5.44. The zero-order valence-electron chi connectivity index (χ0n) is 11.9. The Balaban J connectivity index is 1.85. The molecule has 2 heterocycles. The van der Waals surface area contributed by atoms with Crippen LogP contribution in [0.15, 0.2) is 12.4 Å². The van der Waals surface area contributed by atoms with Crippen LogP contribution in [0.2, 0.25) is 0 Å². The lowest BCUT2D eigenvalue weighted by molar-refractivity contribution is 0.137. The number of nitrogens with one attached hydrogen (secondary N) is 1. The lowest BCUT2D eigenvalue weighted by Gasteiger charge is -2.38. The van der Waals surface area contributed by atoms with Crippen molar-refractivity contribution in [3.63, 3.8) is 0 Å². The van der Waals surface area contributed by atoms with Gasteiger partial charge in [0.25, 0.3) is 0 Å². The Morgan fingerprint density at radius 2 is 2.33 bits per heavy atom. The van der Waals surface area contributed by atoms with E-state index in [4.69, 9.17) is 0 Å². The fourth-order valence-electron chi connectivity index (χ4n) is 2.73. The van der Waals surface area contributed by atoms with Crippen molar-refractivity contribution in [2.45, 2.75) is 45.2 Å². The second-order valence-corrected chi connectivity index (χ2v) is 5.44. The Bertz CT molecular complexity index is 360. The van der Waals surface area contributed by atoms with E-state index in [0.717, 1.165) is 19.5 Å². The van der Waals surface area contributed by atoms with Crippen LogP contribution in [-0.2, 0) is 13.5 Å². The first-order valence-corrected chi connectivity index (χ1v) is 7.14. The van der Waals surface area contributed by atoms with Gasteiger partial charge in [-0.25, -0.2) is 4.98 Å². The molecule has 18 heavy (non-hydrogen) atoms. The minimum Gasteiger partial charge on any atom is -0.338 e. The molecule has 2 unspecified atom stereocenters. The Kier molecular flexibility index (Phi) is 4.78. The van der Waals surface area contributed by atoms with Gasteiger partial charge in [-0.15, -0.1) is 0 Å². The molecule has 0 spiro atoms. The van der Waals surface area contributed by atoms with Gasteiger partial charge in [-0.2, -0.15) is 0 Å². The minimum atomic E-state index is 0.637. The molecule has 0 radical (unpaired) electrons. The number of rotatable bonds is 5. The molecule has 1 fully saturated rings. The van der Waals surface area contributed by atoms with Crippen LogP contribution in [0.1, 0.15) is 32.5 Å². The van der Waals surface area contributed by atoms with Gasteiger partial charge in [-0.05, 0) is 13.3 Å². The minimum absolute atomic E-state index is 0.637. The first-order chi connectivity index (χ1) is 8.70. The lowest BCUT2D eigenvalue weighted by Crippen LogP contribution is -2.55. The summed E-state index contributed by atoms with van der Waals surface area (Å²) in [6, 6.07) is 1.31. The van der Waals surface area contributed by atoms with Crippen molar-refractivity contribution in [3.8, 4) is 0 Å². The number of hydrogen-bond acceptors (Lipinski definition) is 3. The Hall–Kier alpha value is -0.870. The smallest absolute Gasteiger partial charge is 0.109 e. The van der Waals surface area contributed by atoms with Crippen LogP contribution in [0.5, 0.6) is 0 Å². The SMILES string of the molecule is CCCC1CN(CCc2nccn2C)C(C)CN1. The summed E-state index contributed by atoms with van der Waals surface area (Å²) >= 11 is 0. The number of hydrogen-bond donors (Lipinski definition) is 1. The lowest BCUT2D eigenvalue weighted by atomic mass is 10.1. The average molecular weight is 250 g/mol. The summed E-state index contributed by atoms with van der Waals surface area (Å²) in [5, 5.41) is 3.64. The van der Waals surface area contributed by atoms with Crippen molar-refractivity contribution in [1.29, 1.82) is 0 Å². The van der Waals surface area contributed by atoms with E-state index in [1.165, 1.54) is 25.2 Å². The predicted molar refractivity (Wildman–Crippen MR) is 74.6 cm³/mol. The molecule has 2 atom stereocenters. The third-order valence-corrected chi connectivity index (χ3v) is 3.96. The molecular weight excluding hydrogens is 224 g/mol. The van der Waals surface area contributed by atoms with Gasteiger partial charge < -0.3 is 9.88 Å². The van der Waals surface area contributed by atoms with Gasteiger partial charge in [0.15, 0.2) is 0 Å². The van der Waals surface area contributed by atoms with E-state index in [-0.39, 0.29) is 0 Å². The van der Waals surface area contributed by atoms with Crippen molar-refractivity contribution in [2.24, 2.45) is 7.05 Å². The molecule has 102 valence electrons. The van der Waals surface area contributed by atoms with Crippen LogP contribution >= 0.6 is 0 Å². The van der Waals surface area contributed by atoms with E-state index in [2.05, 4.69) is 40.7 Å². The Morgan fingerprint density at radius 3 is 3.00 bits per heavy atom. The summed E-state index contributed by atoms with van der Waals surface area (Å²) in [6.07, 6.45) is 7.50. The van der Waals surface area contributed by atoms with E-state index in [9.17, 15) is 0 Å². The maximum atomic E-state index is 4.40. The van der Waals surface area contributed by atoms with E-state index in [1.54, 1.807) is 0 Å². The topological polar surface area (TPSA) is 33.1 Å². The number of aromatic nitrogens is 2. The zero-order chi connectivity index (χ0) is 13.0. The molecule has 0 bridgehead atoms. The maximum Gasteiger partial charge on any atom is 0.109 e. The molecule has 1 saturated heterocycles. The largest absolute Gasteiger partial charge is 0.338 e. The molecule has 1 aliphatic rings. The van der Waals surface area contributed by atoms with Crippen LogP contribution < -0.4 is 5.32 Å². The number of nitrogens with zero attached hydrogens (tertiary/aromatic N) is 3. The van der Waals surface area contributed by atoms with Crippen molar-refractivity contribution >= 4 is 0 Å². The van der Waals surface area contributed by atoms with E-state index in [1.807, 2.05) is 12.4 Å². The molecule has 1 aromatic heterocycles. The number of imidazole rings is 1. The highest BCUT2D eigenvalue weighted by molar-refractivity contribution is 4.93. The van der Waals surface area contributed by atoms with Gasteiger partial charge >= 0.3 is 0 Å². The zero-order valence-corrected chi connectivity index (χ0v) is 11.9. The molecule has 1 aromatic rings. The summed E-state index contributed by atoms with van der Waals surface area (Å²) < 4.78 is 2.12. The van der Waals surface area contributed by atoms with Gasteiger partial charge in [-0.1, -0.05) is 13.3 Å². The summed E-state index contributed by atoms with van der Waals surface area (Å²) in [5.74, 6) is 1.19. The molecule has 2 rings (SSSR count). The highest BCUT2D eigenvalue weighted by Gasteiger charge is 2.24. The average Bonchev–Trinajstić information content (AvgIpc) is 2.76. The molecular formula is C14H26N4. The fourth-order valence-corrected chi connectivity index (χ4v) is 2.73. The highest BCUT2D eigenvalue weighted by Crippen LogP contribution is 2.11. The summed E-state index contributed by atoms with van der Waals surface area (Å²) in [5.41, 5.74) is 0. The summed E-state index contributed by atoms with van der Waals surface area (Å²) in [6.45, 7) is 7.99. The number of aryl methyl sites for hydroxylation is 1. The van der Waals surface area contributed by atoms with Crippen molar-refractivity contribution < 1.29 is 0 Å². The van der Waals surface area contributed by atoms with E-state index >= 15 is 0 Å². The van der Waals surface area contributed by atoms with Crippen LogP contribution in [0, 0.1) is 0 Å². The third-order valence-electron chi connectivity index (χ3n) is 3.96. The fraction of sp³-hybridized carbons (Fsp3) is 0.786. The quantitative estimate of drug-likeness (QED) is 0.858. The third kappa shape index (κ3) is 3.33. The molecule has 4 nitrogen and oxygen atoms in total. The summed E-state index contributed by atoms with van der Waals surface area (Å²) in [4.78, 5) is 7.00. The number of piperazine rings is 1. The van der Waals surface area contributed by atoms with Gasteiger partial charge in [-0.3, -0.25) is 4.90 Å².